The Hall–Kier alpha value is -3.43. The third-order valence-electron chi connectivity index (χ3n) is 5.21. The van der Waals surface area contributed by atoms with E-state index in [-0.39, 0.29) is 0 Å². The van der Waals surface area contributed by atoms with E-state index in [1.165, 1.54) is 17.1 Å². The van der Waals surface area contributed by atoms with E-state index in [2.05, 4.69) is 21.8 Å². The Bertz CT molecular complexity index is 1260. The Morgan fingerprint density at radius 2 is 2.06 bits per heavy atom. The lowest BCUT2D eigenvalue weighted by Crippen LogP contribution is -2.44. The second-order valence-electron chi connectivity index (χ2n) is 7.29. The molecule has 0 saturated heterocycles. The minimum Gasteiger partial charge on any atom is -0.366 e. The highest BCUT2D eigenvalue weighted by molar-refractivity contribution is 7.11. The molecule has 0 unspecified atom stereocenters. The van der Waals surface area contributed by atoms with Crippen molar-refractivity contribution >= 4 is 34.2 Å². The van der Waals surface area contributed by atoms with Gasteiger partial charge in [0.25, 0.3) is 18.3 Å². The summed E-state index contributed by atoms with van der Waals surface area (Å²) in [5, 5.41) is 9.04. The Morgan fingerprint density at radius 1 is 1.19 bits per heavy atom. The molecule has 31 heavy (non-hydrogen) atoms. The molecule has 4 aromatic rings. The maximum Gasteiger partial charge on any atom is 0.279 e. The lowest BCUT2D eigenvalue weighted by Gasteiger charge is -2.09. The van der Waals surface area contributed by atoms with E-state index in [0.29, 0.717) is 36.8 Å². The zero-order valence-electron chi connectivity index (χ0n) is 16.7. The van der Waals surface area contributed by atoms with Gasteiger partial charge in [0.2, 0.25) is 5.82 Å². The summed E-state index contributed by atoms with van der Waals surface area (Å²) in [6.45, 7) is 1.71. The number of carbonyl (C=O) groups is 1. The van der Waals surface area contributed by atoms with Gasteiger partial charge >= 0.3 is 0 Å². The molecule has 9 heteroatoms. The Kier molecular flexibility index (Phi) is 5.27. The summed E-state index contributed by atoms with van der Waals surface area (Å²) >= 11 is 1.26. The van der Waals surface area contributed by atoms with Crippen LogP contribution in [0.15, 0.2) is 48.5 Å². The van der Waals surface area contributed by atoms with Crippen LogP contribution in [0, 0.1) is 0 Å². The quantitative estimate of drug-likeness (QED) is 0.469. The molecule has 2 aromatic carbocycles. The fourth-order valence-electron chi connectivity index (χ4n) is 3.68. The van der Waals surface area contributed by atoms with Crippen LogP contribution in [-0.4, -0.2) is 27.0 Å². The molecule has 3 heterocycles. The van der Waals surface area contributed by atoms with Gasteiger partial charge in [0.1, 0.15) is 4.88 Å². The van der Waals surface area contributed by atoms with Gasteiger partial charge < -0.3 is 15.8 Å². The number of carbonyl (C=O) groups excluding carboxylic acids is 1. The first-order valence-electron chi connectivity index (χ1n) is 10.1. The van der Waals surface area contributed by atoms with E-state index in [1.807, 2.05) is 28.9 Å². The Labute approximate surface area is 182 Å². The van der Waals surface area contributed by atoms with Gasteiger partial charge in [-0.15, -0.1) is 0 Å². The van der Waals surface area contributed by atoms with Crippen molar-refractivity contribution in [3.8, 4) is 10.7 Å². The van der Waals surface area contributed by atoms with E-state index in [1.54, 1.807) is 12.1 Å². The van der Waals surface area contributed by atoms with Gasteiger partial charge in [-0.25, -0.2) is 0 Å². The van der Waals surface area contributed by atoms with Gasteiger partial charge in [0, 0.05) is 23.5 Å². The number of nitrogens with one attached hydrogen (secondary N) is 1. The highest BCUT2D eigenvalue weighted by atomic mass is 32.1. The molecule has 0 atom stereocenters. The predicted octanol–water partition coefficient (Wildman–Crippen LogP) is 2.67. The summed E-state index contributed by atoms with van der Waals surface area (Å²) in [5.41, 5.74) is 8.68. The summed E-state index contributed by atoms with van der Waals surface area (Å²) in [4.78, 5) is 17.4. The Morgan fingerprint density at radius 3 is 2.90 bits per heavy atom. The minimum atomic E-state index is -0.502. The zero-order chi connectivity index (χ0) is 21.2. The van der Waals surface area contributed by atoms with E-state index >= 15 is 0 Å². The summed E-state index contributed by atoms with van der Waals surface area (Å²) in [5.74, 6) is 0.823. The zero-order valence-corrected chi connectivity index (χ0v) is 17.6. The average Bonchev–Trinajstić information content (AvgIpc) is 3.08. The first-order chi connectivity index (χ1) is 15.2. The molecule has 0 aliphatic carbocycles. The third-order valence-corrected chi connectivity index (χ3v) is 6.07. The second kappa shape index (κ2) is 8.37. The third kappa shape index (κ3) is 3.85. The van der Waals surface area contributed by atoms with E-state index in [4.69, 9.17) is 20.6 Å². The fourth-order valence-corrected chi connectivity index (χ4v) is 4.49. The summed E-state index contributed by atoms with van der Waals surface area (Å²) < 4.78 is 12.1. The van der Waals surface area contributed by atoms with Gasteiger partial charge in [0.15, 0.2) is 5.82 Å². The van der Waals surface area contributed by atoms with Crippen molar-refractivity contribution in [3.63, 3.8) is 0 Å². The predicted molar refractivity (Wildman–Crippen MR) is 117 cm³/mol. The van der Waals surface area contributed by atoms with Crippen LogP contribution in [0.4, 0.5) is 5.82 Å². The number of rotatable bonds is 5. The van der Waals surface area contributed by atoms with Crippen molar-refractivity contribution in [2.24, 2.45) is 5.73 Å². The van der Waals surface area contributed by atoms with Crippen molar-refractivity contribution in [2.45, 2.75) is 26.1 Å². The number of hydrogen-bond acceptors (Lipinski definition) is 7. The SMILES string of the molecule is NC(=O)c1cccc2c(-c3nc(NCc4ccccc4)c4[n+](n3)COCCC4)snc12. The van der Waals surface area contributed by atoms with Crippen molar-refractivity contribution < 1.29 is 14.2 Å². The van der Waals surface area contributed by atoms with Crippen LogP contribution < -0.4 is 15.7 Å². The average molecular weight is 434 g/mol. The summed E-state index contributed by atoms with van der Waals surface area (Å²) in [6.07, 6.45) is 1.74. The minimum absolute atomic E-state index is 0.369. The monoisotopic (exact) mass is 433 g/mol. The topological polar surface area (TPSA) is 107 Å². The van der Waals surface area contributed by atoms with Crippen molar-refractivity contribution in [3.05, 3.63) is 65.4 Å². The number of primary amides is 1. The van der Waals surface area contributed by atoms with Gasteiger partial charge in [-0.1, -0.05) is 47.1 Å². The number of amides is 1. The molecule has 8 nitrogen and oxygen atoms in total. The van der Waals surface area contributed by atoms with Gasteiger partial charge in [-0.3, -0.25) is 4.79 Å². The molecule has 156 valence electrons. The van der Waals surface area contributed by atoms with Crippen LogP contribution in [0.5, 0.6) is 0 Å². The number of benzene rings is 2. The highest BCUT2D eigenvalue weighted by Crippen LogP contribution is 2.32. The molecule has 1 aliphatic rings. The van der Waals surface area contributed by atoms with Crippen molar-refractivity contribution in [2.75, 3.05) is 11.9 Å². The molecule has 0 saturated carbocycles. The lowest BCUT2D eigenvalue weighted by atomic mass is 10.1. The number of aromatic nitrogens is 4. The summed E-state index contributed by atoms with van der Waals surface area (Å²) in [7, 11) is 0. The van der Waals surface area contributed by atoms with Gasteiger partial charge in [0.05, 0.1) is 17.7 Å². The normalized spacial score (nSPS) is 13.5. The van der Waals surface area contributed by atoms with E-state index in [9.17, 15) is 4.79 Å². The van der Waals surface area contributed by atoms with Gasteiger partial charge in [-0.2, -0.15) is 9.36 Å². The molecule has 3 N–H and O–H groups in total. The molecular formula is C22H21N6O2S+. The maximum absolute atomic E-state index is 11.8. The van der Waals surface area contributed by atoms with Crippen LogP contribution in [0.25, 0.3) is 21.6 Å². The molecule has 0 bridgehead atoms. The number of nitrogens with two attached hydrogens (primary N) is 1. The van der Waals surface area contributed by atoms with Crippen molar-refractivity contribution in [1.29, 1.82) is 0 Å². The molecule has 2 aromatic heterocycles. The highest BCUT2D eigenvalue weighted by Gasteiger charge is 2.27. The van der Waals surface area contributed by atoms with Crippen LogP contribution in [0.2, 0.25) is 0 Å². The molecule has 5 rings (SSSR count). The Balaban J connectivity index is 1.59. The lowest BCUT2D eigenvalue weighted by molar-refractivity contribution is -0.787. The standard InChI is InChI=1S/C22H20N6O2S/c23-20(29)16-9-4-8-15-18(16)27-31-19(15)22-25-21(24-12-14-6-2-1-3-7-14)17-10-5-11-30-13-28(17)26-22/h1-4,6-9H,5,10-13H2,(H2-,23,24,25,26,29)/p+1. The van der Waals surface area contributed by atoms with Crippen LogP contribution in [0.1, 0.15) is 28.0 Å². The first-order valence-corrected chi connectivity index (χ1v) is 10.8. The molecule has 1 amide bonds. The van der Waals surface area contributed by atoms with E-state index < -0.39 is 5.91 Å². The number of ether oxygens (including phenoxy) is 1. The number of fused-ring (bicyclic) bond motifs is 2. The summed E-state index contributed by atoms with van der Waals surface area (Å²) in [6, 6.07) is 15.6. The molecule has 1 aliphatic heterocycles. The molecule has 0 fully saturated rings. The molecular weight excluding hydrogens is 412 g/mol. The van der Waals surface area contributed by atoms with Crippen LogP contribution in [-0.2, 0) is 24.4 Å². The number of nitrogens with zero attached hydrogens (tertiary/aromatic N) is 4. The van der Waals surface area contributed by atoms with Gasteiger partial charge in [-0.05, 0) is 29.6 Å². The first kappa shape index (κ1) is 19.5. The van der Waals surface area contributed by atoms with Crippen LogP contribution in [0.3, 0.4) is 0 Å². The second-order valence-corrected chi connectivity index (χ2v) is 8.06. The van der Waals surface area contributed by atoms with Crippen LogP contribution >= 0.6 is 11.5 Å². The molecule has 0 radical (unpaired) electrons. The fraction of sp³-hybridized carbons (Fsp3) is 0.227. The number of hydrogen-bond donors (Lipinski definition) is 2. The van der Waals surface area contributed by atoms with E-state index in [0.717, 1.165) is 34.6 Å². The maximum atomic E-state index is 11.8. The molecule has 0 spiro atoms. The number of anilines is 1. The smallest absolute Gasteiger partial charge is 0.279 e. The van der Waals surface area contributed by atoms with Crippen molar-refractivity contribution in [1.82, 2.24) is 14.5 Å². The largest absolute Gasteiger partial charge is 0.366 e.